The number of rotatable bonds is 6. The Labute approximate surface area is 156 Å². The molecule has 144 valence electrons. The molecule has 0 spiro atoms. The Morgan fingerprint density at radius 2 is 1.67 bits per heavy atom. The molecular weight excluding hydrogens is 354 g/mol. The lowest BCUT2D eigenvalue weighted by molar-refractivity contribution is -0.143. The Morgan fingerprint density at radius 3 is 2.26 bits per heavy atom. The number of ether oxygens (including phenoxy) is 3. The van der Waals surface area contributed by atoms with Crippen LogP contribution < -0.4 is 10.1 Å². The van der Waals surface area contributed by atoms with E-state index in [9.17, 15) is 19.5 Å². The molecule has 0 saturated heterocycles. The summed E-state index contributed by atoms with van der Waals surface area (Å²) in [5, 5.41) is 12.7. The van der Waals surface area contributed by atoms with E-state index in [-0.39, 0.29) is 23.5 Å². The summed E-state index contributed by atoms with van der Waals surface area (Å²) >= 11 is 0. The Hall–Kier alpha value is -3.29. The largest absolute Gasteiger partial charge is 0.482 e. The van der Waals surface area contributed by atoms with Crippen molar-refractivity contribution in [1.29, 1.82) is 0 Å². The van der Waals surface area contributed by atoms with E-state index in [1.54, 1.807) is 38.1 Å². The summed E-state index contributed by atoms with van der Waals surface area (Å²) in [6.45, 7) is 2.94. The minimum absolute atomic E-state index is 0.00452. The van der Waals surface area contributed by atoms with Crippen LogP contribution in [0.2, 0.25) is 0 Å². The lowest BCUT2D eigenvalue weighted by Gasteiger charge is -2.30. The van der Waals surface area contributed by atoms with E-state index >= 15 is 0 Å². The van der Waals surface area contributed by atoms with Gasteiger partial charge in [-0.2, -0.15) is 0 Å². The van der Waals surface area contributed by atoms with Gasteiger partial charge in [-0.25, -0.2) is 14.4 Å². The number of aliphatic carboxylic acids is 1. The number of benzene rings is 1. The molecule has 0 aliphatic carbocycles. The van der Waals surface area contributed by atoms with Gasteiger partial charge in [0.15, 0.2) is 6.61 Å². The predicted molar refractivity (Wildman–Crippen MR) is 94.9 cm³/mol. The van der Waals surface area contributed by atoms with Crippen molar-refractivity contribution in [2.45, 2.75) is 19.8 Å². The Bertz CT molecular complexity index is 838. The van der Waals surface area contributed by atoms with Crippen molar-refractivity contribution in [3.8, 4) is 5.75 Å². The minimum atomic E-state index is -1.18. The molecule has 1 aromatic rings. The molecule has 0 bridgehead atoms. The molecule has 1 aliphatic rings. The van der Waals surface area contributed by atoms with Crippen LogP contribution in [0.25, 0.3) is 0 Å². The molecule has 0 amide bonds. The van der Waals surface area contributed by atoms with Gasteiger partial charge in [-0.15, -0.1) is 0 Å². The van der Waals surface area contributed by atoms with Crippen LogP contribution in [0.4, 0.5) is 0 Å². The quantitative estimate of drug-likeness (QED) is 0.723. The Morgan fingerprint density at radius 1 is 1.04 bits per heavy atom. The fourth-order valence-electron chi connectivity index (χ4n) is 3.02. The van der Waals surface area contributed by atoms with Crippen molar-refractivity contribution in [2.24, 2.45) is 0 Å². The van der Waals surface area contributed by atoms with E-state index in [0.717, 1.165) is 0 Å². The average molecular weight is 375 g/mol. The van der Waals surface area contributed by atoms with Crippen molar-refractivity contribution in [2.75, 3.05) is 20.8 Å². The average Bonchev–Trinajstić information content (AvgIpc) is 2.64. The van der Waals surface area contributed by atoms with Gasteiger partial charge in [-0.1, -0.05) is 18.2 Å². The normalized spacial score (nSPS) is 16.5. The number of para-hydroxylation sites is 1. The molecule has 27 heavy (non-hydrogen) atoms. The van der Waals surface area contributed by atoms with E-state index in [4.69, 9.17) is 9.47 Å². The number of methoxy groups -OCH3 is 2. The van der Waals surface area contributed by atoms with E-state index in [1.807, 2.05) is 0 Å². The summed E-state index contributed by atoms with van der Waals surface area (Å²) < 4.78 is 14.9. The Balaban J connectivity index is 2.63. The van der Waals surface area contributed by atoms with E-state index in [0.29, 0.717) is 17.0 Å². The van der Waals surface area contributed by atoms with Crippen molar-refractivity contribution in [3.05, 3.63) is 52.4 Å². The van der Waals surface area contributed by atoms with Gasteiger partial charge in [0, 0.05) is 17.0 Å². The van der Waals surface area contributed by atoms with E-state index in [2.05, 4.69) is 10.1 Å². The third-order valence-corrected chi connectivity index (χ3v) is 4.20. The summed E-state index contributed by atoms with van der Waals surface area (Å²) in [6.07, 6.45) is 0. The number of carbonyl (C=O) groups excluding carboxylic acids is 2. The number of hydrogen-bond acceptors (Lipinski definition) is 7. The lowest BCUT2D eigenvalue weighted by atomic mass is 9.80. The molecular formula is C19H21NO7. The number of nitrogens with one attached hydrogen (secondary N) is 1. The smallest absolute Gasteiger partial charge is 0.343 e. The fraction of sp³-hybridized carbons (Fsp3) is 0.316. The number of carbonyl (C=O) groups is 3. The highest BCUT2D eigenvalue weighted by Gasteiger charge is 2.38. The second-order valence-electron chi connectivity index (χ2n) is 5.83. The highest BCUT2D eigenvalue weighted by Crippen LogP contribution is 2.42. The molecule has 1 aliphatic heterocycles. The number of carboxylic acids is 1. The zero-order valence-corrected chi connectivity index (χ0v) is 15.5. The third-order valence-electron chi connectivity index (χ3n) is 4.20. The van der Waals surface area contributed by atoms with Crippen LogP contribution in [0, 0.1) is 0 Å². The number of dihydropyridines is 1. The first kappa shape index (κ1) is 20.0. The molecule has 1 unspecified atom stereocenters. The van der Waals surface area contributed by atoms with Crippen LogP contribution in [-0.4, -0.2) is 43.8 Å². The number of esters is 2. The standard InChI is InChI=1S/C19H21NO7/c1-10-15(18(22)23)17(16(11(2)20-10)19(24)26-4)12-7-5-6-8-13(12)27-9-14(21)25-3/h5-8,17,20H,9H2,1-4H3,(H,22,23). The van der Waals surface area contributed by atoms with E-state index in [1.165, 1.54) is 14.2 Å². The van der Waals surface area contributed by atoms with Crippen molar-refractivity contribution >= 4 is 17.9 Å². The number of carboxylic acid groups (broad SMARTS) is 1. The molecule has 0 aromatic heterocycles. The molecule has 0 fully saturated rings. The van der Waals surface area contributed by atoms with Crippen molar-refractivity contribution < 1.29 is 33.7 Å². The van der Waals surface area contributed by atoms with Gasteiger partial charge in [0.05, 0.1) is 31.3 Å². The molecule has 2 N–H and O–H groups in total. The maximum atomic E-state index is 12.4. The molecule has 0 radical (unpaired) electrons. The number of hydrogen-bond donors (Lipinski definition) is 2. The minimum Gasteiger partial charge on any atom is -0.482 e. The van der Waals surface area contributed by atoms with Gasteiger partial charge in [0.1, 0.15) is 5.75 Å². The summed E-state index contributed by atoms with van der Waals surface area (Å²) in [6, 6.07) is 6.62. The van der Waals surface area contributed by atoms with Gasteiger partial charge in [0.25, 0.3) is 0 Å². The molecule has 8 heteroatoms. The lowest BCUT2D eigenvalue weighted by Crippen LogP contribution is -2.31. The zero-order valence-electron chi connectivity index (χ0n) is 15.5. The van der Waals surface area contributed by atoms with Gasteiger partial charge < -0.3 is 24.6 Å². The SMILES string of the molecule is COC(=O)COc1ccccc1C1C(C(=O)O)=C(C)NC(C)=C1C(=O)OC. The van der Waals surface area contributed by atoms with Gasteiger partial charge >= 0.3 is 17.9 Å². The molecule has 0 saturated carbocycles. The highest BCUT2D eigenvalue weighted by molar-refractivity contribution is 5.99. The first-order valence-corrected chi connectivity index (χ1v) is 8.10. The van der Waals surface area contributed by atoms with Crippen molar-refractivity contribution in [3.63, 3.8) is 0 Å². The summed E-state index contributed by atoms with van der Waals surface area (Å²) in [4.78, 5) is 35.8. The van der Waals surface area contributed by atoms with Gasteiger partial charge in [-0.3, -0.25) is 0 Å². The molecule has 8 nitrogen and oxygen atoms in total. The second-order valence-corrected chi connectivity index (χ2v) is 5.83. The molecule has 1 aromatic carbocycles. The molecule has 2 rings (SSSR count). The highest BCUT2D eigenvalue weighted by atomic mass is 16.6. The Kier molecular flexibility index (Phi) is 6.23. The molecule has 1 heterocycles. The molecule has 1 atom stereocenters. The van der Waals surface area contributed by atoms with Crippen molar-refractivity contribution in [1.82, 2.24) is 5.32 Å². The van der Waals surface area contributed by atoms with Crippen LogP contribution >= 0.6 is 0 Å². The summed E-state index contributed by atoms with van der Waals surface area (Å²) in [5.74, 6) is -3.07. The van der Waals surface area contributed by atoms with Crippen LogP contribution in [0.5, 0.6) is 5.75 Å². The van der Waals surface area contributed by atoms with Gasteiger partial charge in [-0.05, 0) is 19.9 Å². The maximum Gasteiger partial charge on any atom is 0.343 e. The monoisotopic (exact) mass is 375 g/mol. The first-order valence-electron chi connectivity index (χ1n) is 8.10. The predicted octanol–water partition coefficient (Wildman–Crippen LogP) is 1.73. The van der Waals surface area contributed by atoms with Crippen LogP contribution in [0.1, 0.15) is 25.3 Å². The maximum absolute atomic E-state index is 12.4. The second kappa shape index (κ2) is 8.39. The fourth-order valence-corrected chi connectivity index (χ4v) is 3.02. The van der Waals surface area contributed by atoms with Gasteiger partial charge in [0.2, 0.25) is 0 Å². The summed E-state index contributed by atoms with van der Waals surface area (Å²) in [7, 11) is 2.46. The third kappa shape index (κ3) is 4.11. The number of allylic oxidation sites excluding steroid dienone is 2. The summed E-state index contributed by atoms with van der Waals surface area (Å²) in [5.41, 5.74) is 1.47. The topological polar surface area (TPSA) is 111 Å². The first-order chi connectivity index (χ1) is 12.8. The zero-order chi connectivity index (χ0) is 20.1. The van der Waals surface area contributed by atoms with E-state index < -0.39 is 23.8 Å². The van der Waals surface area contributed by atoms with Crippen LogP contribution in [0.15, 0.2) is 46.8 Å². The van der Waals surface area contributed by atoms with Crippen LogP contribution in [0.3, 0.4) is 0 Å². The van der Waals surface area contributed by atoms with Crippen LogP contribution in [-0.2, 0) is 23.9 Å².